The summed E-state index contributed by atoms with van der Waals surface area (Å²) in [5.74, 6) is 1.66. The molecule has 57 heavy (non-hydrogen) atoms. The summed E-state index contributed by atoms with van der Waals surface area (Å²) in [5, 5.41) is 10.5. The van der Waals surface area contributed by atoms with Crippen molar-refractivity contribution in [2.45, 2.75) is 12.8 Å². The molecule has 0 saturated heterocycles. The molecule has 0 radical (unpaired) electrons. The lowest BCUT2D eigenvalue weighted by atomic mass is 9.86. The van der Waals surface area contributed by atoms with E-state index in [0.717, 1.165) is 24.3 Å². The molecule has 0 N–H and O–H groups in total. The van der Waals surface area contributed by atoms with E-state index in [9.17, 15) is 0 Å². The van der Waals surface area contributed by atoms with Crippen LogP contribution >= 0.6 is 0 Å². The summed E-state index contributed by atoms with van der Waals surface area (Å²) in [5.41, 5.74) is 12.7. The van der Waals surface area contributed by atoms with Crippen LogP contribution in [0.25, 0.3) is 88.6 Å². The molecule has 0 fully saturated rings. The molecule has 0 saturated carbocycles. The number of hydrogen-bond donors (Lipinski definition) is 0. The average molecular weight is 727 g/mol. The summed E-state index contributed by atoms with van der Waals surface area (Å²) in [6, 6.07) is 65.7. The Balaban J connectivity index is 0.813. The molecule has 0 atom stereocenters. The van der Waals surface area contributed by atoms with Crippen molar-refractivity contribution in [3.63, 3.8) is 0 Å². The zero-order chi connectivity index (χ0) is 37.7. The summed E-state index contributed by atoms with van der Waals surface area (Å²) >= 11 is 0. The van der Waals surface area contributed by atoms with Crippen molar-refractivity contribution in [2.24, 2.45) is 0 Å². The average Bonchev–Trinajstić information content (AvgIpc) is 3.28. The monoisotopic (exact) mass is 726 g/mol. The second kappa shape index (κ2) is 13.8. The summed E-state index contributed by atoms with van der Waals surface area (Å²) in [6.07, 6.45) is 10.9. The van der Waals surface area contributed by atoms with Crippen molar-refractivity contribution < 1.29 is 4.74 Å². The molecule has 0 amide bonds. The van der Waals surface area contributed by atoms with Gasteiger partial charge in [-0.25, -0.2) is 0 Å². The van der Waals surface area contributed by atoms with Gasteiger partial charge in [-0.2, -0.15) is 0 Å². The lowest BCUT2D eigenvalue weighted by molar-refractivity contribution is 0.482. The van der Waals surface area contributed by atoms with Crippen LogP contribution in [0.2, 0.25) is 0 Å². The Morgan fingerprint density at radius 2 is 0.947 bits per heavy atom. The van der Waals surface area contributed by atoms with Gasteiger partial charge < -0.3 is 4.74 Å². The first-order chi connectivity index (χ1) is 28.2. The molecule has 268 valence electrons. The minimum atomic E-state index is 0.825. The van der Waals surface area contributed by atoms with E-state index < -0.39 is 0 Å². The highest BCUT2D eigenvalue weighted by molar-refractivity contribution is 6.27. The van der Waals surface area contributed by atoms with E-state index in [-0.39, 0.29) is 0 Å². The maximum atomic E-state index is 6.34. The second-order valence-corrected chi connectivity index (χ2v) is 15.1. The van der Waals surface area contributed by atoms with E-state index in [1.165, 1.54) is 98.7 Å². The van der Waals surface area contributed by atoms with Gasteiger partial charge >= 0.3 is 0 Å². The maximum Gasteiger partial charge on any atom is 0.127 e. The minimum Gasteiger partial charge on any atom is -0.457 e. The lowest BCUT2D eigenvalue weighted by Crippen LogP contribution is -1.97. The summed E-state index contributed by atoms with van der Waals surface area (Å²) < 4.78 is 6.34. The quantitative estimate of drug-likeness (QED) is 0.142. The fraction of sp³-hybridized carbons (Fsp3) is 0.0357. The molecule has 0 heterocycles. The van der Waals surface area contributed by atoms with Crippen LogP contribution in [-0.4, -0.2) is 0 Å². The molecule has 0 aromatic heterocycles. The van der Waals surface area contributed by atoms with Crippen LogP contribution in [0.3, 0.4) is 0 Å². The van der Waals surface area contributed by atoms with Crippen molar-refractivity contribution >= 4 is 55.2 Å². The Bertz CT molecular complexity index is 3150. The molecule has 1 aliphatic rings. The van der Waals surface area contributed by atoms with Crippen LogP contribution in [0.15, 0.2) is 194 Å². The van der Waals surface area contributed by atoms with Gasteiger partial charge in [0.25, 0.3) is 0 Å². The van der Waals surface area contributed by atoms with Gasteiger partial charge in [0.15, 0.2) is 0 Å². The van der Waals surface area contributed by atoms with Gasteiger partial charge in [-0.15, -0.1) is 0 Å². The van der Waals surface area contributed by atoms with Crippen molar-refractivity contribution in [1.29, 1.82) is 0 Å². The summed E-state index contributed by atoms with van der Waals surface area (Å²) in [6.45, 7) is 0. The molecule has 10 aromatic carbocycles. The standard InChI is InChI=1S/C56H38O/c1-3-10-38(11-4-1)47-31-22-42-15-8-16-50-40(21-34-51(47)54(42)50)14-7-9-37-17-27-45(28-18-37)57-46-29-19-41(20-30-46)49-33-24-44-25-35-52-48(39-12-5-2-6-13-39)32-23-43-26-36-53(49)56(44)55(43)52/h1-8,10-15,17-36H,9,16H2. The summed E-state index contributed by atoms with van der Waals surface area (Å²) in [4.78, 5) is 0. The zero-order valence-corrected chi connectivity index (χ0v) is 31.5. The predicted octanol–water partition coefficient (Wildman–Crippen LogP) is 15.4. The van der Waals surface area contributed by atoms with Crippen LogP contribution in [0.1, 0.15) is 22.3 Å². The minimum absolute atomic E-state index is 0.825. The smallest absolute Gasteiger partial charge is 0.127 e. The molecular weight excluding hydrogens is 689 g/mol. The van der Waals surface area contributed by atoms with Crippen LogP contribution in [0.5, 0.6) is 11.5 Å². The lowest BCUT2D eigenvalue weighted by Gasteiger charge is -2.18. The fourth-order valence-electron chi connectivity index (χ4n) is 9.03. The Labute approximate surface area is 332 Å². The van der Waals surface area contributed by atoms with Gasteiger partial charge in [0.2, 0.25) is 0 Å². The molecule has 0 bridgehead atoms. The second-order valence-electron chi connectivity index (χ2n) is 15.1. The third kappa shape index (κ3) is 5.88. The number of benzene rings is 10. The third-order valence-electron chi connectivity index (χ3n) is 11.8. The Morgan fingerprint density at radius 3 is 1.56 bits per heavy atom. The van der Waals surface area contributed by atoms with Gasteiger partial charge in [0.1, 0.15) is 11.5 Å². The normalized spacial score (nSPS) is 12.4. The Hall–Kier alpha value is -7.22. The molecular formula is C56H38O. The highest BCUT2D eigenvalue weighted by Crippen LogP contribution is 2.43. The van der Waals surface area contributed by atoms with Crippen molar-refractivity contribution in [1.82, 2.24) is 0 Å². The number of hydrogen-bond acceptors (Lipinski definition) is 1. The SMILES string of the molecule is C(=Cc1ccc2c(-c3ccccc3)ccc3c2c1CC=C3)Cc1ccc(Oc2ccc(-c3ccc4ccc5c(-c6ccccc6)ccc6ccc3c4c65)cc2)cc1. The number of rotatable bonds is 8. The van der Waals surface area contributed by atoms with Gasteiger partial charge in [-0.3, -0.25) is 0 Å². The van der Waals surface area contributed by atoms with Crippen LogP contribution in [-0.2, 0) is 12.8 Å². The van der Waals surface area contributed by atoms with E-state index in [4.69, 9.17) is 4.74 Å². The Kier molecular flexibility index (Phi) is 8.03. The number of allylic oxidation sites excluding steroid dienone is 2. The van der Waals surface area contributed by atoms with Crippen LogP contribution < -0.4 is 4.74 Å². The molecule has 1 nitrogen and oxygen atoms in total. The van der Waals surface area contributed by atoms with E-state index >= 15 is 0 Å². The first-order valence-corrected chi connectivity index (χ1v) is 19.9. The predicted molar refractivity (Wildman–Crippen MR) is 242 cm³/mol. The fourth-order valence-corrected chi connectivity index (χ4v) is 9.03. The van der Waals surface area contributed by atoms with Gasteiger partial charge in [0.05, 0.1) is 0 Å². The van der Waals surface area contributed by atoms with E-state index in [2.05, 4.69) is 206 Å². The topological polar surface area (TPSA) is 9.23 Å². The van der Waals surface area contributed by atoms with E-state index in [0.29, 0.717) is 0 Å². The van der Waals surface area contributed by atoms with Gasteiger partial charge in [0, 0.05) is 0 Å². The highest BCUT2D eigenvalue weighted by Gasteiger charge is 2.17. The van der Waals surface area contributed by atoms with Crippen molar-refractivity contribution in [3.8, 4) is 44.9 Å². The maximum absolute atomic E-state index is 6.34. The van der Waals surface area contributed by atoms with E-state index in [1.54, 1.807) is 0 Å². The first kappa shape index (κ1) is 33.1. The molecule has 1 aliphatic carbocycles. The summed E-state index contributed by atoms with van der Waals surface area (Å²) in [7, 11) is 0. The molecule has 1 heteroatoms. The van der Waals surface area contributed by atoms with Gasteiger partial charge in [-0.05, 0) is 136 Å². The van der Waals surface area contributed by atoms with Crippen LogP contribution in [0.4, 0.5) is 0 Å². The molecule has 11 rings (SSSR count). The third-order valence-corrected chi connectivity index (χ3v) is 11.8. The molecule has 10 aromatic rings. The largest absolute Gasteiger partial charge is 0.457 e. The van der Waals surface area contributed by atoms with Gasteiger partial charge in [-0.1, -0.05) is 182 Å². The first-order valence-electron chi connectivity index (χ1n) is 19.9. The number of ether oxygens (including phenoxy) is 1. The van der Waals surface area contributed by atoms with Crippen molar-refractivity contribution in [2.75, 3.05) is 0 Å². The molecule has 0 aliphatic heterocycles. The highest BCUT2D eigenvalue weighted by atomic mass is 16.5. The zero-order valence-electron chi connectivity index (χ0n) is 31.5. The van der Waals surface area contributed by atoms with Crippen LogP contribution in [0, 0.1) is 0 Å². The Morgan fingerprint density at radius 1 is 0.439 bits per heavy atom. The van der Waals surface area contributed by atoms with E-state index in [1.807, 2.05) is 0 Å². The molecule has 0 spiro atoms. The molecule has 0 unspecified atom stereocenters. The van der Waals surface area contributed by atoms with Crippen molar-refractivity contribution in [3.05, 3.63) is 216 Å².